The summed E-state index contributed by atoms with van der Waals surface area (Å²) in [6, 6.07) is 4.37. The summed E-state index contributed by atoms with van der Waals surface area (Å²) >= 11 is 0. The number of hydrogen-bond donors (Lipinski definition) is 2. The minimum absolute atomic E-state index is 0.0301. The molecule has 2 aromatic rings. The van der Waals surface area contributed by atoms with E-state index < -0.39 is 12.1 Å². The largest absolute Gasteiger partial charge is 0.478 e. The van der Waals surface area contributed by atoms with Crippen molar-refractivity contribution in [2.24, 2.45) is 0 Å². The number of oxazole rings is 1. The van der Waals surface area contributed by atoms with Gasteiger partial charge in [-0.25, -0.2) is 14.9 Å². The number of ether oxygens (including phenoxy) is 1. The molecule has 0 saturated carbocycles. The van der Waals surface area contributed by atoms with E-state index in [1.54, 1.807) is 6.07 Å². The lowest BCUT2D eigenvalue weighted by Crippen LogP contribution is -2.13. The highest BCUT2D eigenvalue weighted by Crippen LogP contribution is 2.22. The van der Waals surface area contributed by atoms with Crippen LogP contribution in [0.5, 0.6) is 0 Å². The summed E-state index contributed by atoms with van der Waals surface area (Å²) in [5, 5.41) is 11.2. The first-order chi connectivity index (χ1) is 9.11. The van der Waals surface area contributed by atoms with E-state index in [1.165, 1.54) is 18.2 Å². The number of hydrogen-bond acceptors (Lipinski definition) is 5. The van der Waals surface area contributed by atoms with Gasteiger partial charge in [-0.05, 0) is 12.1 Å². The van der Waals surface area contributed by atoms with Crippen LogP contribution in [-0.4, -0.2) is 28.8 Å². The van der Waals surface area contributed by atoms with Gasteiger partial charge in [-0.2, -0.15) is 4.98 Å². The van der Waals surface area contributed by atoms with Gasteiger partial charge in [0.2, 0.25) is 0 Å². The fourth-order valence-corrected chi connectivity index (χ4v) is 1.43. The summed E-state index contributed by atoms with van der Waals surface area (Å²) < 4.78 is 9.87. The quantitative estimate of drug-likeness (QED) is 0.819. The normalized spacial score (nSPS) is 10.1. The number of nitrogens with one attached hydrogen (secondary N) is 1. The highest BCUT2D eigenvalue weighted by Gasteiger charge is 2.15. The Morgan fingerprint density at radius 3 is 3.00 bits per heavy atom. The second kappa shape index (κ2) is 5.21. The Hall–Kier alpha value is -2.83. The molecule has 0 spiro atoms. The lowest BCUT2D eigenvalue weighted by Gasteiger charge is -1.99. The molecule has 98 valence electrons. The number of benzene rings is 1. The Morgan fingerprint density at radius 1 is 1.53 bits per heavy atom. The third-order valence-electron chi connectivity index (χ3n) is 2.19. The molecule has 0 bridgehead atoms. The van der Waals surface area contributed by atoms with Crippen LogP contribution in [0.4, 0.5) is 10.8 Å². The number of carbonyl (C=O) groups is 2. The minimum atomic E-state index is -1.14. The molecule has 2 rings (SSSR count). The van der Waals surface area contributed by atoms with Crippen molar-refractivity contribution in [1.82, 2.24) is 4.98 Å². The van der Waals surface area contributed by atoms with Gasteiger partial charge in [0, 0.05) is 0 Å². The summed E-state index contributed by atoms with van der Waals surface area (Å²) in [4.78, 5) is 26.2. The van der Waals surface area contributed by atoms with Crippen LogP contribution in [0.3, 0.4) is 0 Å². The number of anilines is 1. The second-order valence-electron chi connectivity index (χ2n) is 3.49. The molecule has 0 aliphatic rings. The third kappa shape index (κ3) is 2.71. The molecule has 0 saturated heterocycles. The van der Waals surface area contributed by atoms with E-state index in [1.807, 2.05) is 0 Å². The number of para-hydroxylation sites is 1. The van der Waals surface area contributed by atoms with Gasteiger partial charge in [0.05, 0.1) is 0 Å². The van der Waals surface area contributed by atoms with Crippen LogP contribution in [0.15, 0.2) is 35.3 Å². The maximum Gasteiger partial charge on any atom is 0.415 e. The number of carboxylic acids is 1. The number of rotatable bonds is 4. The molecule has 7 heteroatoms. The smallest absolute Gasteiger partial charge is 0.415 e. The van der Waals surface area contributed by atoms with E-state index in [0.29, 0.717) is 5.52 Å². The van der Waals surface area contributed by atoms with Crippen LogP contribution >= 0.6 is 0 Å². The molecule has 19 heavy (non-hydrogen) atoms. The van der Waals surface area contributed by atoms with E-state index in [-0.39, 0.29) is 23.8 Å². The van der Waals surface area contributed by atoms with Crippen LogP contribution in [0, 0.1) is 0 Å². The number of carbonyl (C=O) groups excluding carboxylic acids is 1. The molecule has 0 atom stereocenters. The first-order valence-corrected chi connectivity index (χ1v) is 5.29. The first kappa shape index (κ1) is 12.6. The lowest BCUT2D eigenvalue weighted by atomic mass is 10.2. The third-order valence-corrected chi connectivity index (χ3v) is 2.19. The molecular formula is C12H10N2O5. The van der Waals surface area contributed by atoms with Crippen LogP contribution in [0.1, 0.15) is 10.4 Å². The number of aromatic carboxylic acids is 1. The van der Waals surface area contributed by atoms with Gasteiger partial charge in [-0.1, -0.05) is 18.7 Å². The first-order valence-electron chi connectivity index (χ1n) is 5.29. The van der Waals surface area contributed by atoms with Crippen molar-refractivity contribution in [3.63, 3.8) is 0 Å². The van der Waals surface area contributed by atoms with Crippen molar-refractivity contribution in [2.75, 3.05) is 11.9 Å². The molecule has 0 aliphatic carbocycles. The van der Waals surface area contributed by atoms with Crippen LogP contribution in [-0.2, 0) is 4.74 Å². The highest BCUT2D eigenvalue weighted by molar-refractivity contribution is 6.00. The molecule has 0 unspecified atom stereocenters. The predicted octanol–water partition coefficient (Wildman–Crippen LogP) is 2.26. The molecule has 1 amide bonds. The zero-order chi connectivity index (χ0) is 13.8. The van der Waals surface area contributed by atoms with Crippen molar-refractivity contribution in [2.45, 2.75) is 0 Å². The van der Waals surface area contributed by atoms with E-state index in [2.05, 4.69) is 21.6 Å². The van der Waals surface area contributed by atoms with Gasteiger partial charge in [0.1, 0.15) is 17.7 Å². The maximum absolute atomic E-state index is 11.3. The van der Waals surface area contributed by atoms with E-state index in [9.17, 15) is 9.59 Å². The van der Waals surface area contributed by atoms with Gasteiger partial charge in [0.25, 0.3) is 0 Å². The summed E-state index contributed by atoms with van der Waals surface area (Å²) in [6.45, 7) is 3.44. The minimum Gasteiger partial charge on any atom is -0.478 e. The molecule has 1 aromatic carbocycles. The molecule has 0 radical (unpaired) electrons. The van der Waals surface area contributed by atoms with E-state index >= 15 is 0 Å². The highest BCUT2D eigenvalue weighted by atomic mass is 16.5. The lowest BCUT2D eigenvalue weighted by molar-refractivity contribution is 0.0698. The Bertz CT molecular complexity index is 647. The molecule has 1 aromatic heterocycles. The molecule has 1 heterocycles. The van der Waals surface area contributed by atoms with Crippen molar-refractivity contribution in [3.8, 4) is 0 Å². The fraction of sp³-hybridized carbons (Fsp3) is 0.0833. The van der Waals surface area contributed by atoms with Crippen molar-refractivity contribution < 1.29 is 23.8 Å². The van der Waals surface area contributed by atoms with Gasteiger partial charge in [0.15, 0.2) is 5.58 Å². The number of aromatic nitrogens is 1. The summed E-state index contributed by atoms with van der Waals surface area (Å²) in [6.07, 6.45) is 0.650. The SMILES string of the molecule is C=CCOC(=O)Nc1nc2cccc(C(=O)O)c2o1. The number of carboxylic acid groups (broad SMARTS) is 1. The van der Waals surface area contributed by atoms with Gasteiger partial charge in [-0.15, -0.1) is 0 Å². The number of fused-ring (bicyclic) bond motifs is 1. The fourth-order valence-electron chi connectivity index (χ4n) is 1.43. The van der Waals surface area contributed by atoms with Crippen LogP contribution in [0.2, 0.25) is 0 Å². The van der Waals surface area contributed by atoms with Crippen molar-refractivity contribution in [3.05, 3.63) is 36.4 Å². The van der Waals surface area contributed by atoms with Gasteiger partial charge in [-0.3, -0.25) is 0 Å². The van der Waals surface area contributed by atoms with Crippen LogP contribution in [0.25, 0.3) is 11.1 Å². The zero-order valence-corrected chi connectivity index (χ0v) is 9.75. The topological polar surface area (TPSA) is 102 Å². The molecule has 0 aliphatic heterocycles. The monoisotopic (exact) mass is 262 g/mol. The molecule has 2 N–H and O–H groups in total. The Kier molecular flexibility index (Phi) is 3.46. The molecule has 0 fully saturated rings. The zero-order valence-electron chi connectivity index (χ0n) is 9.75. The molecular weight excluding hydrogens is 252 g/mol. The van der Waals surface area contributed by atoms with E-state index in [4.69, 9.17) is 9.52 Å². The average molecular weight is 262 g/mol. The number of amides is 1. The standard InChI is InChI=1S/C12H10N2O5/c1-2-6-18-12(17)14-11-13-8-5-3-4-7(10(15)16)9(8)19-11/h2-5H,1,6H2,(H,15,16)(H,13,14,17). The van der Waals surface area contributed by atoms with Gasteiger partial charge >= 0.3 is 18.1 Å². The second-order valence-corrected chi connectivity index (χ2v) is 3.49. The Labute approximate surface area is 107 Å². The number of nitrogens with zero attached hydrogens (tertiary/aromatic N) is 1. The Morgan fingerprint density at radius 2 is 2.32 bits per heavy atom. The Balaban J connectivity index is 2.26. The van der Waals surface area contributed by atoms with Crippen molar-refractivity contribution in [1.29, 1.82) is 0 Å². The summed E-state index contributed by atoms with van der Waals surface area (Å²) in [5.74, 6) is -1.14. The van der Waals surface area contributed by atoms with Crippen molar-refractivity contribution >= 4 is 29.2 Å². The van der Waals surface area contributed by atoms with Crippen LogP contribution < -0.4 is 5.32 Å². The summed E-state index contributed by atoms with van der Waals surface area (Å²) in [5.41, 5.74) is 0.394. The van der Waals surface area contributed by atoms with E-state index in [0.717, 1.165) is 0 Å². The maximum atomic E-state index is 11.3. The predicted molar refractivity (Wildman–Crippen MR) is 66.1 cm³/mol. The average Bonchev–Trinajstić information content (AvgIpc) is 2.77. The van der Waals surface area contributed by atoms with Gasteiger partial charge < -0.3 is 14.3 Å². The molecule has 7 nitrogen and oxygen atoms in total. The summed E-state index contributed by atoms with van der Waals surface area (Å²) in [7, 11) is 0.